The summed E-state index contributed by atoms with van der Waals surface area (Å²) < 4.78 is 0. The van der Waals surface area contributed by atoms with Gasteiger partial charge in [-0.25, -0.2) is 4.79 Å². The number of benzene rings is 1. The molecule has 4 heteroatoms. The lowest BCUT2D eigenvalue weighted by molar-refractivity contribution is 0.220. The van der Waals surface area contributed by atoms with Crippen molar-refractivity contribution < 1.29 is 4.79 Å². The molecule has 23 heavy (non-hydrogen) atoms. The number of rotatable bonds is 7. The number of nitrogens with zero attached hydrogens (tertiary/aromatic N) is 1. The van der Waals surface area contributed by atoms with E-state index < -0.39 is 0 Å². The van der Waals surface area contributed by atoms with Crippen LogP contribution in [0.2, 0.25) is 0 Å². The summed E-state index contributed by atoms with van der Waals surface area (Å²) in [5.41, 5.74) is 2.56. The summed E-state index contributed by atoms with van der Waals surface area (Å²) in [6, 6.07) is 8.91. The zero-order chi connectivity index (χ0) is 16.7. The van der Waals surface area contributed by atoms with Crippen LogP contribution < -0.4 is 10.6 Å². The fourth-order valence-electron chi connectivity index (χ4n) is 3.03. The zero-order valence-corrected chi connectivity index (χ0v) is 14.8. The highest BCUT2D eigenvalue weighted by Gasteiger charge is 2.23. The molecule has 1 unspecified atom stereocenters. The first-order valence-electron chi connectivity index (χ1n) is 8.88. The Morgan fingerprint density at radius 2 is 1.78 bits per heavy atom. The van der Waals surface area contributed by atoms with E-state index in [1.807, 2.05) is 0 Å². The molecule has 0 aromatic heterocycles. The Hall–Kier alpha value is -1.55. The molecule has 1 aromatic rings. The van der Waals surface area contributed by atoms with Crippen molar-refractivity contribution >= 4 is 6.03 Å². The second-order valence-electron chi connectivity index (χ2n) is 6.99. The highest BCUT2D eigenvalue weighted by molar-refractivity contribution is 5.73. The van der Waals surface area contributed by atoms with E-state index in [4.69, 9.17) is 0 Å². The number of hydrogen-bond donors (Lipinski definition) is 2. The van der Waals surface area contributed by atoms with Gasteiger partial charge in [-0.1, -0.05) is 43.7 Å². The van der Waals surface area contributed by atoms with E-state index in [0.717, 1.165) is 26.1 Å². The lowest BCUT2D eigenvalue weighted by Crippen LogP contribution is -2.42. The zero-order valence-electron chi connectivity index (χ0n) is 14.8. The van der Waals surface area contributed by atoms with E-state index in [1.54, 1.807) is 0 Å². The number of likely N-dealkylation sites (tertiary alicyclic amines) is 1. The summed E-state index contributed by atoms with van der Waals surface area (Å²) in [7, 11) is 0. The molecule has 1 heterocycles. The molecule has 1 fully saturated rings. The molecule has 2 N–H and O–H groups in total. The van der Waals surface area contributed by atoms with E-state index in [1.165, 1.54) is 24.0 Å². The van der Waals surface area contributed by atoms with Crippen molar-refractivity contribution in [2.45, 2.75) is 46.1 Å². The van der Waals surface area contributed by atoms with Crippen LogP contribution in [-0.2, 0) is 0 Å². The summed E-state index contributed by atoms with van der Waals surface area (Å²) in [6.07, 6.45) is 3.52. The normalized spacial score (nSPS) is 16.5. The molecule has 0 radical (unpaired) electrons. The summed E-state index contributed by atoms with van der Waals surface area (Å²) >= 11 is 0. The number of urea groups is 1. The van der Waals surface area contributed by atoms with Gasteiger partial charge in [-0.3, -0.25) is 4.90 Å². The third kappa shape index (κ3) is 5.87. The number of hydrogen-bond acceptors (Lipinski definition) is 2. The molecule has 1 atom stereocenters. The molecule has 0 spiro atoms. The summed E-state index contributed by atoms with van der Waals surface area (Å²) in [6.45, 7) is 10.1. The quantitative estimate of drug-likeness (QED) is 0.808. The minimum Gasteiger partial charge on any atom is -0.338 e. The van der Waals surface area contributed by atoms with Crippen molar-refractivity contribution in [1.29, 1.82) is 0 Å². The molecule has 1 saturated heterocycles. The van der Waals surface area contributed by atoms with Gasteiger partial charge in [-0.15, -0.1) is 0 Å². The first kappa shape index (κ1) is 17.8. The molecule has 0 saturated carbocycles. The number of aryl methyl sites for hydroxylation is 1. The second-order valence-corrected chi connectivity index (χ2v) is 6.99. The Bertz CT molecular complexity index is 478. The van der Waals surface area contributed by atoms with Crippen molar-refractivity contribution in [3.05, 3.63) is 35.4 Å². The Balaban J connectivity index is 1.90. The average molecular weight is 317 g/mol. The molecular formula is C19H31N3O. The van der Waals surface area contributed by atoms with Gasteiger partial charge in [-0.2, -0.15) is 0 Å². The Morgan fingerprint density at radius 1 is 1.13 bits per heavy atom. The fourth-order valence-corrected chi connectivity index (χ4v) is 3.03. The van der Waals surface area contributed by atoms with Gasteiger partial charge in [-0.05, 0) is 50.8 Å². The molecule has 1 aromatic carbocycles. The maximum Gasteiger partial charge on any atom is 0.314 e. The molecule has 2 rings (SSSR count). The fraction of sp³-hybridized carbons (Fsp3) is 0.632. The monoisotopic (exact) mass is 317 g/mol. The topological polar surface area (TPSA) is 44.4 Å². The number of nitrogens with one attached hydrogen (secondary N) is 2. The van der Waals surface area contributed by atoms with Crippen LogP contribution in [0.5, 0.6) is 0 Å². The van der Waals surface area contributed by atoms with Crippen LogP contribution in [0.4, 0.5) is 4.79 Å². The molecule has 4 nitrogen and oxygen atoms in total. The van der Waals surface area contributed by atoms with Crippen LogP contribution in [0.3, 0.4) is 0 Å². The first-order valence-corrected chi connectivity index (χ1v) is 8.88. The standard InChI is InChI=1S/C19H31N3O/c1-15(2)10-11-20-19(23)21-14-18(22-12-4-5-13-22)17-8-6-16(3)7-9-17/h6-9,15,18H,4-5,10-14H2,1-3H3,(H2,20,21,23). The second kappa shape index (κ2) is 8.92. The smallest absolute Gasteiger partial charge is 0.314 e. The van der Waals surface area contributed by atoms with Gasteiger partial charge in [0.1, 0.15) is 0 Å². The number of amides is 2. The van der Waals surface area contributed by atoms with E-state index >= 15 is 0 Å². The Labute approximate surface area is 140 Å². The van der Waals surface area contributed by atoms with Gasteiger partial charge < -0.3 is 10.6 Å². The van der Waals surface area contributed by atoms with Crippen molar-refractivity contribution in [3.8, 4) is 0 Å². The molecule has 2 amide bonds. The molecular weight excluding hydrogens is 286 g/mol. The van der Waals surface area contributed by atoms with E-state index in [9.17, 15) is 4.79 Å². The van der Waals surface area contributed by atoms with Crippen LogP contribution in [0.1, 0.15) is 50.3 Å². The van der Waals surface area contributed by atoms with E-state index in [-0.39, 0.29) is 12.1 Å². The molecule has 0 bridgehead atoms. The first-order chi connectivity index (χ1) is 11.1. The van der Waals surface area contributed by atoms with E-state index in [0.29, 0.717) is 12.5 Å². The van der Waals surface area contributed by atoms with Crippen LogP contribution in [0, 0.1) is 12.8 Å². The molecule has 0 aliphatic carbocycles. The third-order valence-electron chi connectivity index (χ3n) is 4.51. The molecule has 1 aliphatic rings. The van der Waals surface area contributed by atoms with Crippen molar-refractivity contribution in [3.63, 3.8) is 0 Å². The van der Waals surface area contributed by atoms with Crippen LogP contribution in [0.15, 0.2) is 24.3 Å². The predicted molar refractivity (Wildman–Crippen MR) is 95.6 cm³/mol. The maximum absolute atomic E-state index is 12.0. The molecule has 128 valence electrons. The van der Waals surface area contributed by atoms with Crippen LogP contribution in [0.25, 0.3) is 0 Å². The van der Waals surface area contributed by atoms with Crippen LogP contribution in [-0.4, -0.2) is 37.1 Å². The third-order valence-corrected chi connectivity index (χ3v) is 4.51. The van der Waals surface area contributed by atoms with Gasteiger partial charge in [0.15, 0.2) is 0 Å². The average Bonchev–Trinajstić information content (AvgIpc) is 3.03. The molecule has 1 aliphatic heterocycles. The van der Waals surface area contributed by atoms with Crippen molar-refractivity contribution in [2.24, 2.45) is 5.92 Å². The van der Waals surface area contributed by atoms with Gasteiger partial charge in [0.05, 0.1) is 6.04 Å². The van der Waals surface area contributed by atoms with Gasteiger partial charge in [0.25, 0.3) is 0 Å². The van der Waals surface area contributed by atoms with Crippen molar-refractivity contribution in [1.82, 2.24) is 15.5 Å². The highest BCUT2D eigenvalue weighted by Crippen LogP contribution is 2.24. The van der Waals surface area contributed by atoms with Gasteiger partial charge in [0.2, 0.25) is 0 Å². The SMILES string of the molecule is Cc1ccc(C(CNC(=O)NCCC(C)C)N2CCCC2)cc1. The largest absolute Gasteiger partial charge is 0.338 e. The minimum absolute atomic E-state index is 0.0537. The predicted octanol–water partition coefficient (Wildman–Crippen LogP) is 3.48. The summed E-state index contributed by atoms with van der Waals surface area (Å²) in [5.74, 6) is 0.611. The van der Waals surface area contributed by atoms with Gasteiger partial charge >= 0.3 is 6.03 Å². The number of carbonyl (C=O) groups excluding carboxylic acids is 1. The summed E-state index contributed by atoms with van der Waals surface area (Å²) in [5, 5.41) is 6.01. The van der Waals surface area contributed by atoms with Crippen molar-refractivity contribution in [2.75, 3.05) is 26.2 Å². The lowest BCUT2D eigenvalue weighted by Gasteiger charge is -2.28. The van der Waals surface area contributed by atoms with Gasteiger partial charge in [0, 0.05) is 13.1 Å². The van der Waals surface area contributed by atoms with Crippen LogP contribution >= 0.6 is 0 Å². The highest BCUT2D eigenvalue weighted by atomic mass is 16.2. The maximum atomic E-state index is 12.0. The summed E-state index contributed by atoms with van der Waals surface area (Å²) in [4.78, 5) is 14.5. The minimum atomic E-state index is -0.0537. The Kier molecular flexibility index (Phi) is 6.90. The van der Waals surface area contributed by atoms with E-state index in [2.05, 4.69) is 60.6 Å². The number of carbonyl (C=O) groups is 1. The lowest BCUT2D eigenvalue weighted by atomic mass is 10.0. The Morgan fingerprint density at radius 3 is 2.39 bits per heavy atom.